The zero-order chi connectivity index (χ0) is 12.1. The molecule has 18 heavy (non-hydrogen) atoms. The molecule has 0 aromatic heterocycles. The van der Waals surface area contributed by atoms with E-state index in [0.717, 1.165) is 13.1 Å². The molecule has 1 fully saturated rings. The van der Waals surface area contributed by atoms with Crippen LogP contribution in [0, 0.1) is 0 Å². The Morgan fingerprint density at radius 2 is 1.78 bits per heavy atom. The van der Waals surface area contributed by atoms with Crippen LogP contribution in [-0.4, -0.2) is 61.5 Å². The lowest BCUT2D eigenvalue weighted by atomic mass is 10.2. The summed E-state index contributed by atoms with van der Waals surface area (Å²) in [6.07, 6.45) is 2.43. The van der Waals surface area contributed by atoms with Gasteiger partial charge in [-0.1, -0.05) is 0 Å². The predicted octanol–water partition coefficient (Wildman–Crippen LogP) is 1.38. The SMILES string of the molecule is CNCCN(C)C(=O)CN1C(C)CCC1C.Cl.Cl. The minimum absolute atomic E-state index is 0. The Balaban J connectivity index is 0. The van der Waals surface area contributed by atoms with Crippen molar-refractivity contribution in [1.82, 2.24) is 15.1 Å². The number of carbonyl (C=O) groups is 1. The van der Waals surface area contributed by atoms with Crippen molar-refractivity contribution in [2.45, 2.75) is 38.8 Å². The average molecular weight is 300 g/mol. The molecule has 0 saturated carbocycles. The first-order chi connectivity index (χ1) is 7.56. The van der Waals surface area contributed by atoms with Gasteiger partial charge in [-0.15, -0.1) is 24.8 Å². The highest BCUT2D eigenvalue weighted by Gasteiger charge is 2.29. The van der Waals surface area contributed by atoms with Gasteiger partial charge < -0.3 is 10.2 Å². The topological polar surface area (TPSA) is 35.6 Å². The summed E-state index contributed by atoms with van der Waals surface area (Å²) in [6, 6.07) is 1.10. The maximum Gasteiger partial charge on any atom is 0.236 e. The van der Waals surface area contributed by atoms with E-state index in [1.54, 1.807) is 0 Å². The zero-order valence-corrected chi connectivity index (χ0v) is 13.4. The lowest BCUT2D eigenvalue weighted by molar-refractivity contribution is -0.131. The molecule has 1 amide bonds. The molecule has 1 N–H and O–H groups in total. The molecule has 0 radical (unpaired) electrons. The van der Waals surface area contributed by atoms with Gasteiger partial charge in [0.25, 0.3) is 0 Å². The molecule has 2 atom stereocenters. The highest BCUT2D eigenvalue weighted by atomic mass is 35.5. The third kappa shape index (κ3) is 5.74. The lowest BCUT2D eigenvalue weighted by Crippen LogP contribution is -2.44. The van der Waals surface area contributed by atoms with Crippen molar-refractivity contribution in [3.63, 3.8) is 0 Å². The molecular weight excluding hydrogens is 273 g/mol. The Kier molecular flexibility index (Phi) is 11.1. The molecule has 0 aromatic rings. The summed E-state index contributed by atoms with van der Waals surface area (Å²) in [5, 5.41) is 3.06. The van der Waals surface area contributed by atoms with E-state index in [0.29, 0.717) is 18.6 Å². The number of hydrogen-bond donors (Lipinski definition) is 1. The van der Waals surface area contributed by atoms with E-state index >= 15 is 0 Å². The number of halogens is 2. The van der Waals surface area contributed by atoms with Crippen LogP contribution < -0.4 is 5.32 Å². The van der Waals surface area contributed by atoms with Crippen LogP contribution in [-0.2, 0) is 4.79 Å². The second-order valence-corrected chi connectivity index (χ2v) is 4.87. The van der Waals surface area contributed by atoms with Crippen molar-refractivity contribution >= 4 is 30.7 Å². The quantitative estimate of drug-likeness (QED) is 0.833. The number of likely N-dealkylation sites (tertiary alicyclic amines) is 1. The van der Waals surface area contributed by atoms with E-state index in [2.05, 4.69) is 24.1 Å². The second kappa shape index (κ2) is 9.84. The molecule has 1 aliphatic rings. The van der Waals surface area contributed by atoms with Gasteiger partial charge in [-0.2, -0.15) is 0 Å². The first-order valence-corrected chi connectivity index (χ1v) is 6.20. The number of likely N-dealkylation sites (N-methyl/N-ethyl adjacent to an activating group) is 2. The highest BCUT2D eigenvalue weighted by Crippen LogP contribution is 2.22. The molecule has 0 aliphatic carbocycles. The minimum Gasteiger partial charge on any atom is -0.343 e. The fourth-order valence-electron chi connectivity index (χ4n) is 2.24. The Morgan fingerprint density at radius 1 is 1.28 bits per heavy atom. The van der Waals surface area contributed by atoms with Crippen molar-refractivity contribution in [1.29, 1.82) is 0 Å². The largest absolute Gasteiger partial charge is 0.343 e. The first kappa shape index (κ1) is 20.3. The second-order valence-electron chi connectivity index (χ2n) is 4.87. The van der Waals surface area contributed by atoms with Crippen molar-refractivity contribution < 1.29 is 4.79 Å². The number of rotatable bonds is 5. The molecule has 2 unspecified atom stereocenters. The number of carbonyl (C=O) groups excluding carboxylic acids is 1. The van der Waals surface area contributed by atoms with Gasteiger partial charge in [0.05, 0.1) is 6.54 Å². The smallest absolute Gasteiger partial charge is 0.236 e. The maximum absolute atomic E-state index is 12.0. The molecule has 4 nitrogen and oxygen atoms in total. The highest BCUT2D eigenvalue weighted by molar-refractivity contribution is 5.85. The zero-order valence-electron chi connectivity index (χ0n) is 11.8. The van der Waals surface area contributed by atoms with Gasteiger partial charge in [0, 0.05) is 32.2 Å². The number of nitrogens with one attached hydrogen (secondary N) is 1. The summed E-state index contributed by atoms with van der Waals surface area (Å²) in [4.78, 5) is 16.1. The van der Waals surface area contributed by atoms with Crippen molar-refractivity contribution in [2.75, 3.05) is 33.7 Å². The molecule has 0 bridgehead atoms. The fraction of sp³-hybridized carbons (Fsp3) is 0.917. The molecule has 0 spiro atoms. The minimum atomic E-state index is 0. The third-order valence-electron chi connectivity index (χ3n) is 3.58. The average Bonchev–Trinajstić information content (AvgIpc) is 2.57. The van der Waals surface area contributed by atoms with Crippen LogP contribution in [0.4, 0.5) is 0 Å². The third-order valence-corrected chi connectivity index (χ3v) is 3.58. The van der Waals surface area contributed by atoms with Crippen LogP contribution in [0.15, 0.2) is 0 Å². The Bertz CT molecular complexity index is 231. The van der Waals surface area contributed by atoms with E-state index < -0.39 is 0 Å². The van der Waals surface area contributed by atoms with Crippen LogP contribution in [0.5, 0.6) is 0 Å². The summed E-state index contributed by atoms with van der Waals surface area (Å²) < 4.78 is 0. The fourth-order valence-corrected chi connectivity index (χ4v) is 2.24. The van der Waals surface area contributed by atoms with Crippen LogP contribution in [0.1, 0.15) is 26.7 Å². The van der Waals surface area contributed by atoms with E-state index in [1.165, 1.54) is 12.8 Å². The van der Waals surface area contributed by atoms with Gasteiger partial charge in [-0.05, 0) is 33.7 Å². The van der Waals surface area contributed by atoms with Crippen LogP contribution in [0.25, 0.3) is 0 Å². The summed E-state index contributed by atoms with van der Waals surface area (Å²) >= 11 is 0. The molecule has 1 heterocycles. The predicted molar refractivity (Wildman–Crippen MR) is 80.9 cm³/mol. The Labute approximate surface area is 123 Å². The first-order valence-electron chi connectivity index (χ1n) is 6.20. The van der Waals surface area contributed by atoms with Gasteiger partial charge in [0.15, 0.2) is 0 Å². The van der Waals surface area contributed by atoms with Gasteiger partial charge >= 0.3 is 0 Å². The summed E-state index contributed by atoms with van der Waals surface area (Å²) in [5.74, 6) is 0.232. The van der Waals surface area contributed by atoms with Crippen molar-refractivity contribution in [3.05, 3.63) is 0 Å². The molecule has 1 rings (SSSR count). The molecule has 110 valence electrons. The molecule has 1 saturated heterocycles. The Morgan fingerprint density at radius 3 is 2.22 bits per heavy atom. The molecule has 6 heteroatoms. The van der Waals surface area contributed by atoms with Gasteiger partial charge in [0.2, 0.25) is 5.91 Å². The molecular formula is C12H27Cl2N3O. The standard InChI is InChI=1S/C12H25N3O.2ClH/c1-10-5-6-11(2)15(10)9-12(16)14(4)8-7-13-3;;/h10-11,13H,5-9H2,1-4H3;2*1H. The van der Waals surface area contributed by atoms with Gasteiger partial charge in [0.1, 0.15) is 0 Å². The Hall–Kier alpha value is -0.0300. The summed E-state index contributed by atoms with van der Waals surface area (Å²) in [7, 11) is 3.79. The normalized spacial score (nSPS) is 23.1. The summed E-state index contributed by atoms with van der Waals surface area (Å²) in [5.41, 5.74) is 0. The monoisotopic (exact) mass is 299 g/mol. The van der Waals surface area contributed by atoms with Crippen molar-refractivity contribution in [3.8, 4) is 0 Å². The molecule has 1 aliphatic heterocycles. The van der Waals surface area contributed by atoms with Gasteiger partial charge in [-0.25, -0.2) is 0 Å². The summed E-state index contributed by atoms with van der Waals surface area (Å²) in [6.45, 7) is 6.64. The van der Waals surface area contributed by atoms with Crippen molar-refractivity contribution in [2.24, 2.45) is 0 Å². The molecule has 0 aromatic carbocycles. The van der Waals surface area contributed by atoms with E-state index in [4.69, 9.17) is 0 Å². The van der Waals surface area contributed by atoms with Crippen LogP contribution in [0.2, 0.25) is 0 Å². The van der Waals surface area contributed by atoms with E-state index in [1.807, 2.05) is 19.0 Å². The van der Waals surface area contributed by atoms with E-state index in [-0.39, 0.29) is 30.7 Å². The maximum atomic E-state index is 12.0. The number of nitrogens with zero attached hydrogens (tertiary/aromatic N) is 2. The van der Waals surface area contributed by atoms with Crippen LogP contribution in [0.3, 0.4) is 0 Å². The lowest BCUT2D eigenvalue weighted by Gasteiger charge is -2.27. The van der Waals surface area contributed by atoms with E-state index in [9.17, 15) is 4.79 Å². The number of amides is 1. The van der Waals surface area contributed by atoms with Gasteiger partial charge in [-0.3, -0.25) is 9.69 Å². The van der Waals surface area contributed by atoms with Crippen LogP contribution >= 0.6 is 24.8 Å². The number of hydrogen-bond acceptors (Lipinski definition) is 3.